The second kappa shape index (κ2) is 7.94. The quantitative estimate of drug-likeness (QED) is 0.679. The predicted molar refractivity (Wildman–Crippen MR) is 105 cm³/mol. The van der Waals surface area contributed by atoms with Crippen LogP contribution < -0.4 is 5.32 Å². The van der Waals surface area contributed by atoms with E-state index in [1.807, 2.05) is 26.0 Å². The Labute approximate surface area is 162 Å². The number of hydrogen-bond donors (Lipinski definition) is 2. The van der Waals surface area contributed by atoms with Gasteiger partial charge in [-0.1, -0.05) is 37.6 Å². The van der Waals surface area contributed by atoms with Crippen LogP contribution in [0.25, 0.3) is 11.3 Å². The first-order valence-electron chi connectivity index (χ1n) is 8.69. The van der Waals surface area contributed by atoms with Gasteiger partial charge in [0.2, 0.25) is 0 Å². The summed E-state index contributed by atoms with van der Waals surface area (Å²) in [5, 5.41) is 21.6. The van der Waals surface area contributed by atoms with Crippen LogP contribution >= 0.6 is 11.6 Å². The number of amides is 1. The van der Waals surface area contributed by atoms with Crippen molar-refractivity contribution >= 4 is 23.3 Å². The van der Waals surface area contributed by atoms with Crippen LogP contribution in [-0.4, -0.2) is 37.2 Å². The van der Waals surface area contributed by atoms with Crippen LogP contribution in [0.1, 0.15) is 35.9 Å². The monoisotopic (exact) mass is 387 g/mol. The summed E-state index contributed by atoms with van der Waals surface area (Å²) in [6.07, 6.45) is 0. The molecular formula is C19H22ClN5O2. The molecule has 0 aliphatic rings. The van der Waals surface area contributed by atoms with Gasteiger partial charge in [-0.25, -0.2) is 4.68 Å². The smallest absolute Gasteiger partial charge is 0.275 e. The van der Waals surface area contributed by atoms with Gasteiger partial charge in [-0.3, -0.25) is 9.48 Å². The summed E-state index contributed by atoms with van der Waals surface area (Å²) in [6.45, 7) is 4.22. The third-order valence-corrected chi connectivity index (χ3v) is 4.41. The van der Waals surface area contributed by atoms with E-state index in [2.05, 4.69) is 15.5 Å². The van der Waals surface area contributed by atoms with Crippen LogP contribution in [-0.2, 0) is 13.6 Å². The summed E-state index contributed by atoms with van der Waals surface area (Å²) in [7, 11) is 1.74. The molecule has 0 unspecified atom stereocenters. The van der Waals surface area contributed by atoms with Crippen molar-refractivity contribution in [2.45, 2.75) is 26.3 Å². The highest BCUT2D eigenvalue weighted by atomic mass is 35.5. The van der Waals surface area contributed by atoms with E-state index in [1.165, 1.54) is 0 Å². The largest absolute Gasteiger partial charge is 0.394 e. The lowest BCUT2D eigenvalue weighted by atomic mass is 10.1. The van der Waals surface area contributed by atoms with Crippen molar-refractivity contribution in [3.8, 4) is 11.3 Å². The molecule has 0 aliphatic carbocycles. The van der Waals surface area contributed by atoms with Gasteiger partial charge in [-0.15, -0.1) is 0 Å². The molecule has 1 amide bonds. The number of carbonyl (C=O) groups is 1. The van der Waals surface area contributed by atoms with Crippen LogP contribution in [0.3, 0.4) is 0 Å². The number of benzene rings is 1. The van der Waals surface area contributed by atoms with Crippen LogP contribution in [0, 0.1) is 0 Å². The number of aromatic nitrogens is 4. The van der Waals surface area contributed by atoms with Crippen LogP contribution in [0.5, 0.6) is 0 Å². The van der Waals surface area contributed by atoms with Gasteiger partial charge >= 0.3 is 0 Å². The number of anilines is 1. The van der Waals surface area contributed by atoms with Gasteiger partial charge in [-0.05, 0) is 24.1 Å². The van der Waals surface area contributed by atoms with Gasteiger partial charge in [0.15, 0.2) is 0 Å². The fourth-order valence-electron chi connectivity index (χ4n) is 2.74. The highest BCUT2D eigenvalue weighted by molar-refractivity contribution is 6.30. The van der Waals surface area contributed by atoms with E-state index in [0.717, 1.165) is 11.3 Å². The van der Waals surface area contributed by atoms with Crippen molar-refractivity contribution in [2.24, 2.45) is 7.05 Å². The molecule has 8 heteroatoms. The molecule has 0 spiro atoms. The van der Waals surface area contributed by atoms with E-state index in [-0.39, 0.29) is 25.0 Å². The highest BCUT2D eigenvalue weighted by Crippen LogP contribution is 2.25. The summed E-state index contributed by atoms with van der Waals surface area (Å²) < 4.78 is 3.13. The third-order valence-electron chi connectivity index (χ3n) is 4.18. The van der Waals surface area contributed by atoms with E-state index in [9.17, 15) is 9.90 Å². The number of rotatable bonds is 6. The van der Waals surface area contributed by atoms with E-state index in [1.54, 1.807) is 40.7 Å². The van der Waals surface area contributed by atoms with Crippen molar-refractivity contribution in [2.75, 3.05) is 11.9 Å². The average Bonchev–Trinajstić information content (AvgIpc) is 3.19. The molecule has 2 heterocycles. The summed E-state index contributed by atoms with van der Waals surface area (Å²) in [4.78, 5) is 12.7. The summed E-state index contributed by atoms with van der Waals surface area (Å²) in [6, 6.07) is 10.9. The summed E-state index contributed by atoms with van der Waals surface area (Å²) in [5.41, 5.74) is 2.80. The lowest BCUT2D eigenvalue weighted by Gasteiger charge is -2.07. The number of nitrogens with one attached hydrogen (secondary N) is 1. The average molecular weight is 388 g/mol. The predicted octanol–water partition coefficient (Wildman–Crippen LogP) is 3.31. The molecule has 3 aromatic rings. The number of aliphatic hydroxyl groups excluding tert-OH is 1. The van der Waals surface area contributed by atoms with Gasteiger partial charge in [0.05, 0.1) is 24.5 Å². The Morgan fingerprint density at radius 3 is 2.67 bits per heavy atom. The van der Waals surface area contributed by atoms with Crippen molar-refractivity contribution in [3.05, 3.63) is 52.8 Å². The van der Waals surface area contributed by atoms with Gasteiger partial charge in [0.1, 0.15) is 11.5 Å². The SMILES string of the molecule is CC(C)c1cc(C(=O)Nc2cc(-c3cccc(Cl)c3)nn2CCO)n(C)n1. The van der Waals surface area contributed by atoms with Gasteiger partial charge < -0.3 is 10.4 Å². The molecule has 1 aromatic carbocycles. The minimum atomic E-state index is -0.284. The van der Waals surface area contributed by atoms with Crippen molar-refractivity contribution < 1.29 is 9.90 Å². The zero-order chi connectivity index (χ0) is 19.6. The van der Waals surface area contributed by atoms with E-state index >= 15 is 0 Å². The fraction of sp³-hybridized carbons (Fsp3) is 0.316. The Bertz CT molecular complexity index is 961. The molecule has 0 saturated carbocycles. The van der Waals surface area contributed by atoms with E-state index in [4.69, 9.17) is 11.6 Å². The van der Waals surface area contributed by atoms with E-state index in [0.29, 0.717) is 22.2 Å². The maximum absolute atomic E-state index is 12.7. The Balaban J connectivity index is 1.90. The first kappa shape index (κ1) is 19.1. The lowest BCUT2D eigenvalue weighted by Crippen LogP contribution is -2.19. The number of halogens is 1. The second-order valence-electron chi connectivity index (χ2n) is 6.56. The molecule has 27 heavy (non-hydrogen) atoms. The topological polar surface area (TPSA) is 85.0 Å². The molecule has 7 nitrogen and oxygen atoms in total. The van der Waals surface area contributed by atoms with Gasteiger partial charge in [-0.2, -0.15) is 10.2 Å². The number of hydrogen-bond acceptors (Lipinski definition) is 4. The standard InChI is InChI=1S/C19H22ClN5O2/c1-12(2)15-10-17(24(3)22-15)19(27)21-18-11-16(23-25(18)7-8-26)13-5-4-6-14(20)9-13/h4-6,9-12,26H,7-8H2,1-3H3,(H,21,27). The Morgan fingerprint density at radius 2 is 2.04 bits per heavy atom. The lowest BCUT2D eigenvalue weighted by molar-refractivity contribution is 0.101. The Morgan fingerprint density at radius 1 is 1.26 bits per heavy atom. The third kappa shape index (κ3) is 4.20. The molecule has 0 radical (unpaired) electrons. The van der Waals surface area contributed by atoms with Crippen molar-refractivity contribution in [3.63, 3.8) is 0 Å². The minimum Gasteiger partial charge on any atom is -0.394 e. The Hall–Kier alpha value is -2.64. The molecule has 142 valence electrons. The van der Waals surface area contributed by atoms with Gasteiger partial charge in [0, 0.05) is 23.7 Å². The minimum absolute atomic E-state index is 0.0945. The molecule has 0 aliphatic heterocycles. The number of nitrogens with zero attached hydrogens (tertiary/aromatic N) is 4. The summed E-state index contributed by atoms with van der Waals surface area (Å²) >= 11 is 6.06. The molecule has 0 saturated heterocycles. The summed E-state index contributed by atoms with van der Waals surface area (Å²) in [5.74, 6) is 0.442. The molecule has 0 atom stereocenters. The fourth-order valence-corrected chi connectivity index (χ4v) is 2.93. The van der Waals surface area contributed by atoms with Crippen molar-refractivity contribution in [1.29, 1.82) is 0 Å². The zero-order valence-electron chi connectivity index (χ0n) is 15.5. The number of carbonyl (C=O) groups excluding carboxylic acids is 1. The first-order valence-corrected chi connectivity index (χ1v) is 9.06. The Kier molecular flexibility index (Phi) is 5.62. The zero-order valence-corrected chi connectivity index (χ0v) is 16.2. The molecule has 2 N–H and O–H groups in total. The van der Waals surface area contributed by atoms with Gasteiger partial charge in [0.25, 0.3) is 5.91 Å². The highest BCUT2D eigenvalue weighted by Gasteiger charge is 2.18. The number of aliphatic hydroxyl groups is 1. The molecule has 0 fully saturated rings. The van der Waals surface area contributed by atoms with Crippen LogP contribution in [0.15, 0.2) is 36.4 Å². The maximum Gasteiger partial charge on any atom is 0.275 e. The van der Waals surface area contributed by atoms with Crippen LogP contribution in [0.2, 0.25) is 5.02 Å². The van der Waals surface area contributed by atoms with Crippen molar-refractivity contribution in [1.82, 2.24) is 19.6 Å². The molecule has 3 rings (SSSR count). The number of aryl methyl sites for hydroxylation is 1. The van der Waals surface area contributed by atoms with E-state index < -0.39 is 0 Å². The molecule has 2 aromatic heterocycles. The van der Waals surface area contributed by atoms with Crippen LogP contribution in [0.4, 0.5) is 5.82 Å². The molecule has 0 bridgehead atoms. The molecular weight excluding hydrogens is 366 g/mol. The first-order chi connectivity index (χ1) is 12.9. The maximum atomic E-state index is 12.7. The second-order valence-corrected chi connectivity index (χ2v) is 7.00. The normalized spacial score (nSPS) is 11.2.